The van der Waals surface area contributed by atoms with Crippen LogP contribution in [-0.4, -0.2) is 39.5 Å². The minimum Gasteiger partial charge on any atom is -0.508 e. The molecule has 1 fully saturated rings. The summed E-state index contributed by atoms with van der Waals surface area (Å²) in [6.45, 7) is 9.41. The van der Waals surface area contributed by atoms with Gasteiger partial charge in [0.05, 0.1) is 31.8 Å². The number of carbonyl (C=O) groups is 1. The predicted molar refractivity (Wildman–Crippen MR) is 153 cm³/mol. The van der Waals surface area contributed by atoms with Crippen molar-refractivity contribution in [2.75, 3.05) is 11.9 Å². The first-order chi connectivity index (χ1) is 19.0. The van der Waals surface area contributed by atoms with Crippen molar-refractivity contribution < 1.29 is 38.7 Å². The van der Waals surface area contributed by atoms with E-state index in [-0.39, 0.29) is 18.1 Å². The molecule has 3 aromatic carbocycles. The van der Waals surface area contributed by atoms with Crippen molar-refractivity contribution in [2.24, 2.45) is 0 Å². The maximum Gasteiger partial charge on any atom is 0.205 e. The van der Waals surface area contributed by atoms with E-state index in [0.717, 1.165) is 29.2 Å². The van der Waals surface area contributed by atoms with Crippen LogP contribution < -0.4 is 9.47 Å². The smallest absolute Gasteiger partial charge is 0.205 e. The zero-order valence-corrected chi connectivity index (χ0v) is 24.7. The molecule has 0 saturated carbocycles. The number of aromatic hydroxyl groups is 1. The van der Waals surface area contributed by atoms with Gasteiger partial charge in [0.1, 0.15) is 23.4 Å². The standard InChI is InChI=1S/C12H13BrO3.C12H14O3.C7H8O2/c1-12(2)15-7-9-5-8(10(14)6-13)3-4-11(9)16-12;1-12(2)14-6-9-5-8(11-7-13-11)3-4-10(9)15-12;8-5-6-3-1-2-4-7(6)9/h3-5H,6-7H2,1-2H3;3-5,11H,6-7H2,1-2H3;1-4,8-9H,5H2. The second-order valence-electron chi connectivity index (χ2n) is 10.4. The Morgan fingerprint density at radius 2 is 1.48 bits per heavy atom. The van der Waals surface area contributed by atoms with Gasteiger partial charge >= 0.3 is 0 Å². The Balaban J connectivity index is 0.000000144. The number of rotatable bonds is 4. The van der Waals surface area contributed by atoms with Crippen LogP contribution in [0.2, 0.25) is 0 Å². The summed E-state index contributed by atoms with van der Waals surface area (Å²) in [5, 5.41) is 17.8. The van der Waals surface area contributed by atoms with E-state index in [9.17, 15) is 4.79 Å². The van der Waals surface area contributed by atoms with Crippen molar-refractivity contribution in [1.82, 2.24) is 0 Å². The normalized spacial score (nSPS) is 19.1. The fourth-order valence-electron chi connectivity index (χ4n) is 4.03. The fourth-order valence-corrected chi connectivity index (χ4v) is 4.35. The molecule has 0 bridgehead atoms. The van der Waals surface area contributed by atoms with E-state index in [1.54, 1.807) is 30.3 Å². The number of ether oxygens (including phenoxy) is 5. The topological polar surface area (TPSA) is 107 Å². The molecule has 0 spiro atoms. The highest BCUT2D eigenvalue weighted by molar-refractivity contribution is 9.09. The van der Waals surface area contributed by atoms with E-state index in [2.05, 4.69) is 28.1 Å². The molecule has 214 valence electrons. The monoisotopic (exact) mass is 614 g/mol. The molecule has 0 amide bonds. The Morgan fingerprint density at radius 3 is 2.00 bits per heavy atom. The number of fused-ring (bicyclic) bond motifs is 2. The molecule has 0 radical (unpaired) electrons. The van der Waals surface area contributed by atoms with E-state index in [1.165, 1.54) is 5.56 Å². The summed E-state index contributed by atoms with van der Waals surface area (Å²) in [5.74, 6) is 0.837. The number of Topliss-reactive ketones (excluding diaryl/α,β-unsaturated/α-hetero) is 1. The molecule has 3 aromatic rings. The van der Waals surface area contributed by atoms with E-state index in [1.807, 2.05) is 45.9 Å². The summed E-state index contributed by atoms with van der Waals surface area (Å²) in [6, 6.07) is 18.3. The van der Waals surface area contributed by atoms with E-state index >= 15 is 0 Å². The number of aliphatic hydroxyl groups is 1. The van der Waals surface area contributed by atoms with E-state index in [0.29, 0.717) is 35.8 Å². The largest absolute Gasteiger partial charge is 0.508 e. The predicted octanol–water partition coefficient (Wildman–Crippen LogP) is 6.20. The highest BCUT2D eigenvalue weighted by Crippen LogP contribution is 2.37. The lowest BCUT2D eigenvalue weighted by Gasteiger charge is -2.32. The number of carbonyl (C=O) groups excluding carboxylic acids is 1. The highest BCUT2D eigenvalue weighted by atomic mass is 79.9. The highest BCUT2D eigenvalue weighted by Gasteiger charge is 2.30. The summed E-state index contributed by atoms with van der Waals surface area (Å²) in [6.07, 6.45) is 0.297. The maximum atomic E-state index is 11.5. The summed E-state index contributed by atoms with van der Waals surface area (Å²) < 4.78 is 27.7. The van der Waals surface area contributed by atoms with Crippen molar-refractivity contribution in [3.63, 3.8) is 0 Å². The van der Waals surface area contributed by atoms with Crippen molar-refractivity contribution in [1.29, 1.82) is 0 Å². The van der Waals surface area contributed by atoms with E-state index < -0.39 is 11.6 Å². The summed E-state index contributed by atoms with van der Waals surface area (Å²) >= 11 is 3.15. The van der Waals surface area contributed by atoms with Gasteiger partial charge in [-0.2, -0.15) is 0 Å². The lowest BCUT2D eigenvalue weighted by atomic mass is 10.1. The Kier molecular flexibility index (Phi) is 9.53. The van der Waals surface area contributed by atoms with Gasteiger partial charge in [-0.25, -0.2) is 0 Å². The number of hydrogen-bond donors (Lipinski definition) is 2. The second-order valence-corrected chi connectivity index (χ2v) is 11.0. The van der Waals surface area contributed by atoms with Gasteiger partial charge in [-0.15, -0.1) is 0 Å². The Bertz CT molecular complexity index is 1330. The molecular weight excluding hydrogens is 580 g/mol. The summed E-state index contributed by atoms with van der Waals surface area (Å²) in [7, 11) is 0. The number of alkyl halides is 1. The minimum atomic E-state index is -0.589. The van der Waals surface area contributed by atoms with Crippen LogP contribution >= 0.6 is 15.9 Å². The number of ketones is 1. The number of epoxide rings is 1. The first-order valence-corrected chi connectivity index (χ1v) is 14.1. The molecule has 3 aliphatic heterocycles. The van der Waals surface area contributed by atoms with Crippen molar-refractivity contribution in [3.05, 3.63) is 88.5 Å². The molecule has 0 aromatic heterocycles. The van der Waals surface area contributed by atoms with Gasteiger partial charge < -0.3 is 33.9 Å². The zero-order chi connectivity index (χ0) is 28.9. The number of hydrogen-bond acceptors (Lipinski definition) is 8. The molecule has 3 heterocycles. The van der Waals surface area contributed by atoms with Gasteiger partial charge in [0.2, 0.25) is 11.6 Å². The van der Waals surface area contributed by atoms with Gasteiger partial charge in [-0.05, 0) is 42.0 Å². The van der Waals surface area contributed by atoms with Crippen LogP contribution in [0.5, 0.6) is 17.2 Å². The fraction of sp³-hybridized carbons (Fsp3) is 0.387. The summed E-state index contributed by atoms with van der Waals surface area (Å²) in [4.78, 5) is 11.5. The number of aliphatic hydroxyl groups excluding tert-OH is 1. The molecule has 1 atom stereocenters. The van der Waals surface area contributed by atoms with Crippen molar-refractivity contribution >= 4 is 21.7 Å². The van der Waals surface area contributed by atoms with Gasteiger partial charge in [0, 0.05) is 49.9 Å². The average Bonchev–Trinajstić information content (AvgIpc) is 3.78. The SMILES string of the molecule is CC1(C)OCc2cc(C(=O)CBr)ccc2O1.CC1(C)OCc2cc(C3CO3)ccc2O1.OCc1ccccc1O. The van der Waals surface area contributed by atoms with Crippen LogP contribution in [0.15, 0.2) is 60.7 Å². The number of halogens is 1. The molecule has 9 heteroatoms. The van der Waals surface area contributed by atoms with Crippen LogP contribution in [0.4, 0.5) is 0 Å². The first kappa shape index (κ1) is 30.0. The third kappa shape index (κ3) is 8.05. The zero-order valence-electron chi connectivity index (χ0n) is 23.1. The Hall–Kier alpha value is -2.95. The van der Waals surface area contributed by atoms with Crippen LogP contribution in [0.1, 0.15) is 66.4 Å². The third-order valence-electron chi connectivity index (χ3n) is 6.32. The average molecular weight is 616 g/mol. The van der Waals surface area contributed by atoms with Gasteiger partial charge in [-0.1, -0.05) is 40.2 Å². The van der Waals surface area contributed by atoms with Crippen LogP contribution in [0.3, 0.4) is 0 Å². The van der Waals surface area contributed by atoms with E-state index in [4.69, 9.17) is 33.9 Å². The lowest BCUT2D eigenvalue weighted by Crippen LogP contribution is -2.35. The molecule has 3 aliphatic rings. The molecule has 8 nitrogen and oxygen atoms in total. The number of phenols is 1. The molecule has 2 N–H and O–H groups in total. The molecule has 0 aliphatic carbocycles. The van der Waals surface area contributed by atoms with Crippen molar-refractivity contribution in [3.8, 4) is 17.2 Å². The van der Waals surface area contributed by atoms with Gasteiger partial charge in [0.25, 0.3) is 0 Å². The lowest BCUT2D eigenvalue weighted by molar-refractivity contribution is -0.180. The van der Waals surface area contributed by atoms with Crippen molar-refractivity contribution in [2.45, 2.75) is 65.2 Å². The second kappa shape index (κ2) is 12.7. The third-order valence-corrected chi connectivity index (χ3v) is 6.83. The first-order valence-electron chi connectivity index (χ1n) is 13.0. The van der Waals surface area contributed by atoms with Crippen LogP contribution in [0, 0.1) is 0 Å². The Morgan fingerprint density at radius 1 is 0.900 bits per heavy atom. The quantitative estimate of drug-likeness (QED) is 0.203. The van der Waals surface area contributed by atoms with Crippen LogP contribution in [-0.2, 0) is 34.0 Å². The molecule has 1 saturated heterocycles. The van der Waals surface area contributed by atoms with Crippen LogP contribution in [0.25, 0.3) is 0 Å². The molecular formula is C31H35BrO8. The number of para-hydroxylation sites is 1. The molecule has 1 unspecified atom stereocenters. The Labute approximate surface area is 242 Å². The minimum absolute atomic E-state index is 0.0626. The molecule has 6 rings (SSSR count). The van der Waals surface area contributed by atoms with Gasteiger partial charge in [-0.3, -0.25) is 4.79 Å². The summed E-state index contributed by atoms with van der Waals surface area (Å²) in [5.41, 5.74) is 4.51. The van der Waals surface area contributed by atoms with Gasteiger partial charge in [0.15, 0.2) is 5.78 Å². The maximum absolute atomic E-state index is 11.5. The number of benzene rings is 3. The molecule has 40 heavy (non-hydrogen) atoms.